The smallest absolute Gasteiger partial charge is 0.293 e. The Morgan fingerprint density at radius 2 is 1.75 bits per heavy atom. The van der Waals surface area contributed by atoms with Crippen molar-refractivity contribution in [1.29, 1.82) is 0 Å². The molecule has 3 N–H and O–H groups in total. The zero-order valence-electron chi connectivity index (χ0n) is 15.7. The Bertz CT molecular complexity index is 852. The van der Waals surface area contributed by atoms with Crippen LogP contribution in [0.3, 0.4) is 0 Å². The summed E-state index contributed by atoms with van der Waals surface area (Å²) >= 11 is 0. The van der Waals surface area contributed by atoms with Crippen LogP contribution in [0.5, 0.6) is 0 Å². The van der Waals surface area contributed by atoms with Crippen LogP contribution in [-0.4, -0.2) is 44.0 Å². The molecule has 0 saturated heterocycles. The lowest BCUT2D eigenvalue weighted by molar-refractivity contribution is -0.384. The van der Waals surface area contributed by atoms with Crippen LogP contribution in [0.25, 0.3) is 0 Å². The van der Waals surface area contributed by atoms with Gasteiger partial charge in [0.15, 0.2) is 0 Å². The second-order valence-corrected chi connectivity index (χ2v) is 5.87. The van der Waals surface area contributed by atoms with E-state index in [-0.39, 0.29) is 23.7 Å². The minimum atomic E-state index is -0.538. The van der Waals surface area contributed by atoms with Gasteiger partial charge >= 0.3 is 0 Å². The monoisotopic (exact) mass is 386 g/mol. The van der Waals surface area contributed by atoms with Crippen molar-refractivity contribution in [2.45, 2.75) is 6.54 Å². The molecule has 0 aliphatic heterocycles. The summed E-state index contributed by atoms with van der Waals surface area (Å²) in [5, 5.41) is 19.4. The number of rotatable bonds is 9. The number of hydrogen-bond acceptors (Lipinski definition) is 6. The molecule has 9 heteroatoms. The molecule has 2 rings (SSSR count). The van der Waals surface area contributed by atoms with Gasteiger partial charge in [-0.1, -0.05) is 12.1 Å². The first-order valence-corrected chi connectivity index (χ1v) is 8.56. The number of benzene rings is 2. The Labute approximate surface area is 162 Å². The van der Waals surface area contributed by atoms with Gasteiger partial charge < -0.3 is 20.7 Å². The van der Waals surface area contributed by atoms with Crippen LogP contribution in [0, 0.1) is 10.1 Å². The third-order valence-electron chi connectivity index (χ3n) is 3.97. The van der Waals surface area contributed by atoms with Gasteiger partial charge in [0.05, 0.1) is 11.5 Å². The van der Waals surface area contributed by atoms with Gasteiger partial charge in [-0.2, -0.15) is 0 Å². The highest BCUT2D eigenvalue weighted by Crippen LogP contribution is 2.25. The first-order valence-electron chi connectivity index (χ1n) is 8.56. The van der Waals surface area contributed by atoms with Crippen LogP contribution in [0.4, 0.5) is 11.4 Å². The lowest BCUT2D eigenvalue weighted by Gasteiger charge is -2.09. The van der Waals surface area contributed by atoms with Crippen molar-refractivity contribution in [3.63, 3.8) is 0 Å². The molecule has 0 radical (unpaired) electrons. The number of nitro groups is 1. The summed E-state index contributed by atoms with van der Waals surface area (Å²) in [6, 6.07) is 11.0. The number of anilines is 1. The van der Waals surface area contributed by atoms with Gasteiger partial charge in [0.2, 0.25) is 0 Å². The lowest BCUT2D eigenvalue weighted by atomic mass is 10.1. The molecular formula is C19H22N4O5. The fraction of sp³-hybridized carbons (Fsp3) is 0.263. The quantitative estimate of drug-likeness (QED) is 0.344. The highest BCUT2D eigenvalue weighted by molar-refractivity contribution is 5.96. The lowest BCUT2D eigenvalue weighted by Crippen LogP contribution is -2.23. The summed E-state index contributed by atoms with van der Waals surface area (Å²) in [7, 11) is 3.09. The molecule has 0 aromatic heterocycles. The maximum atomic E-state index is 12.3. The summed E-state index contributed by atoms with van der Waals surface area (Å²) in [6.07, 6.45) is 0. The molecule has 0 atom stereocenters. The molecule has 9 nitrogen and oxygen atoms in total. The largest absolute Gasteiger partial charge is 0.383 e. The molecule has 0 unspecified atom stereocenters. The number of methoxy groups -OCH3 is 1. The molecule has 0 heterocycles. The predicted molar refractivity (Wildman–Crippen MR) is 104 cm³/mol. The van der Waals surface area contributed by atoms with Crippen LogP contribution < -0.4 is 16.0 Å². The molecule has 0 bridgehead atoms. The molecule has 2 aromatic rings. The minimum absolute atomic E-state index is 0.182. The maximum absolute atomic E-state index is 12.3. The first kappa shape index (κ1) is 20.8. The molecule has 2 aromatic carbocycles. The third kappa shape index (κ3) is 5.52. The van der Waals surface area contributed by atoms with E-state index in [1.165, 1.54) is 25.3 Å². The summed E-state index contributed by atoms with van der Waals surface area (Å²) in [5.41, 5.74) is 1.64. The third-order valence-corrected chi connectivity index (χ3v) is 3.97. The van der Waals surface area contributed by atoms with E-state index in [1.54, 1.807) is 31.3 Å². The average Bonchev–Trinajstić information content (AvgIpc) is 2.72. The van der Waals surface area contributed by atoms with Crippen LogP contribution >= 0.6 is 0 Å². The number of carbonyl (C=O) groups excluding carboxylic acids is 2. The standard InChI is InChI=1S/C19H22N4O5/c1-20-18(24)14-5-3-13(4-6-14)12-22-19(25)15-7-8-16(21-9-10-28-2)17(11-15)23(26)27/h3-8,11,21H,9-10,12H2,1-2H3,(H,20,24)(H,22,25). The Morgan fingerprint density at radius 3 is 2.36 bits per heavy atom. The van der Waals surface area contributed by atoms with E-state index in [0.29, 0.717) is 24.4 Å². The molecular weight excluding hydrogens is 364 g/mol. The van der Waals surface area contributed by atoms with Crippen molar-refractivity contribution in [2.24, 2.45) is 0 Å². The number of nitrogens with zero attached hydrogens (tertiary/aromatic N) is 1. The van der Waals surface area contributed by atoms with E-state index in [2.05, 4.69) is 16.0 Å². The molecule has 0 aliphatic carbocycles. The summed E-state index contributed by atoms with van der Waals surface area (Å²) in [6.45, 7) is 1.04. The Balaban J connectivity index is 2.04. The Kier molecular flexibility index (Phi) is 7.46. The topological polar surface area (TPSA) is 123 Å². The van der Waals surface area contributed by atoms with Crippen molar-refractivity contribution in [3.8, 4) is 0 Å². The fourth-order valence-corrected chi connectivity index (χ4v) is 2.46. The van der Waals surface area contributed by atoms with Gasteiger partial charge in [-0.25, -0.2) is 0 Å². The molecule has 0 fully saturated rings. The molecule has 0 spiro atoms. The normalized spacial score (nSPS) is 10.2. The van der Waals surface area contributed by atoms with Gasteiger partial charge in [0, 0.05) is 44.4 Å². The molecule has 0 aliphatic rings. The van der Waals surface area contributed by atoms with Crippen LogP contribution in [0.15, 0.2) is 42.5 Å². The van der Waals surface area contributed by atoms with E-state index in [1.807, 2.05) is 0 Å². The molecule has 28 heavy (non-hydrogen) atoms. The van der Waals surface area contributed by atoms with E-state index in [4.69, 9.17) is 4.74 Å². The van der Waals surface area contributed by atoms with Crippen LogP contribution in [0.1, 0.15) is 26.3 Å². The molecule has 0 saturated carbocycles. The zero-order chi connectivity index (χ0) is 20.5. The maximum Gasteiger partial charge on any atom is 0.293 e. The number of nitrogens with one attached hydrogen (secondary N) is 3. The van der Waals surface area contributed by atoms with E-state index in [0.717, 1.165) is 5.56 Å². The second kappa shape index (κ2) is 10.0. The number of nitro benzene ring substituents is 1. The summed E-state index contributed by atoms with van der Waals surface area (Å²) in [5.74, 6) is -0.621. The Morgan fingerprint density at radius 1 is 1.07 bits per heavy atom. The SMILES string of the molecule is CNC(=O)c1ccc(CNC(=O)c2ccc(NCCOC)c([N+](=O)[O-])c2)cc1. The molecule has 2 amide bonds. The van der Waals surface area contributed by atoms with Crippen molar-refractivity contribution >= 4 is 23.2 Å². The van der Waals surface area contributed by atoms with Crippen molar-refractivity contribution in [2.75, 3.05) is 32.6 Å². The van der Waals surface area contributed by atoms with Gasteiger partial charge in [0.25, 0.3) is 17.5 Å². The number of ether oxygens (including phenoxy) is 1. The summed E-state index contributed by atoms with van der Waals surface area (Å²) < 4.78 is 4.91. The van der Waals surface area contributed by atoms with E-state index >= 15 is 0 Å². The van der Waals surface area contributed by atoms with Crippen molar-refractivity contribution in [1.82, 2.24) is 10.6 Å². The highest BCUT2D eigenvalue weighted by atomic mass is 16.6. The number of amides is 2. The van der Waals surface area contributed by atoms with Crippen LogP contribution in [-0.2, 0) is 11.3 Å². The second-order valence-electron chi connectivity index (χ2n) is 5.87. The fourth-order valence-electron chi connectivity index (χ4n) is 2.46. The van der Waals surface area contributed by atoms with Crippen molar-refractivity contribution < 1.29 is 19.2 Å². The van der Waals surface area contributed by atoms with Gasteiger partial charge in [-0.15, -0.1) is 0 Å². The molecule has 148 valence electrons. The first-order chi connectivity index (χ1) is 13.5. The number of carbonyl (C=O) groups is 2. The average molecular weight is 386 g/mol. The van der Waals surface area contributed by atoms with E-state index < -0.39 is 10.8 Å². The van der Waals surface area contributed by atoms with E-state index in [9.17, 15) is 19.7 Å². The summed E-state index contributed by atoms with van der Waals surface area (Å²) in [4.78, 5) is 34.6. The highest BCUT2D eigenvalue weighted by Gasteiger charge is 2.17. The van der Waals surface area contributed by atoms with Gasteiger partial charge in [-0.05, 0) is 29.8 Å². The van der Waals surface area contributed by atoms with Gasteiger partial charge in [0.1, 0.15) is 5.69 Å². The van der Waals surface area contributed by atoms with Crippen LogP contribution in [0.2, 0.25) is 0 Å². The number of hydrogen-bond donors (Lipinski definition) is 3. The minimum Gasteiger partial charge on any atom is -0.383 e. The predicted octanol–water partition coefficient (Wildman–Crippen LogP) is 1.94. The Hall–Kier alpha value is -3.46. The van der Waals surface area contributed by atoms with Gasteiger partial charge in [-0.3, -0.25) is 19.7 Å². The zero-order valence-corrected chi connectivity index (χ0v) is 15.7. The van der Waals surface area contributed by atoms with Crippen molar-refractivity contribution in [3.05, 3.63) is 69.3 Å².